The quantitative estimate of drug-likeness (QED) is 0.0810. The van der Waals surface area contributed by atoms with E-state index in [0.29, 0.717) is 0 Å². The standard InChI is InChI=1S/C12H30O6S8Si2/c1-13-27(14-2,15-3)11-7-9-19-21-23-25-26-24-22-20-10-8-12-28(16-4,17-5)18-6/h7-12H2,1-6H3. The Kier molecular flexibility index (Phi) is 22.8. The van der Waals surface area contributed by atoms with E-state index in [1.54, 1.807) is 82.0 Å². The second-order valence-corrected chi connectivity index (χ2v) is 24.3. The van der Waals surface area contributed by atoms with Crippen LogP contribution >= 0.6 is 80.5 Å². The van der Waals surface area contributed by atoms with Crippen LogP contribution in [0.25, 0.3) is 0 Å². The van der Waals surface area contributed by atoms with E-state index in [9.17, 15) is 0 Å². The van der Waals surface area contributed by atoms with Gasteiger partial charge in [0.05, 0.1) is 0 Å². The van der Waals surface area contributed by atoms with Crippen molar-refractivity contribution in [1.29, 1.82) is 0 Å². The van der Waals surface area contributed by atoms with Crippen molar-refractivity contribution in [3.8, 4) is 0 Å². The second kappa shape index (κ2) is 20.6. The zero-order chi connectivity index (χ0) is 21.1. The number of rotatable bonds is 21. The summed E-state index contributed by atoms with van der Waals surface area (Å²) in [5, 5.41) is 0. The summed E-state index contributed by atoms with van der Waals surface area (Å²) in [4.78, 5) is 0. The first kappa shape index (κ1) is 31.0. The Hall–Kier alpha value is 2.99. The topological polar surface area (TPSA) is 55.4 Å². The van der Waals surface area contributed by atoms with E-state index < -0.39 is 17.6 Å². The molecule has 0 heterocycles. The molecule has 0 aromatic carbocycles. The molecule has 0 bridgehead atoms. The highest BCUT2D eigenvalue weighted by molar-refractivity contribution is 9.48. The molecule has 0 aliphatic carbocycles. The van der Waals surface area contributed by atoms with E-state index in [0.717, 1.165) is 36.4 Å². The predicted molar refractivity (Wildman–Crippen MR) is 143 cm³/mol. The summed E-state index contributed by atoms with van der Waals surface area (Å²) in [5.74, 6) is 2.11. The zero-order valence-electron chi connectivity index (χ0n) is 17.0. The monoisotopic (exact) mass is 582 g/mol. The molecule has 0 rings (SSSR count). The van der Waals surface area contributed by atoms with Crippen LogP contribution in [0.4, 0.5) is 0 Å². The molecule has 0 spiro atoms. The van der Waals surface area contributed by atoms with Gasteiger partial charge in [0.15, 0.2) is 0 Å². The van der Waals surface area contributed by atoms with Crippen LogP contribution in [0.15, 0.2) is 0 Å². The Bertz CT molecular complexity index is 310. The van der Waals surface area contributed by atoms with Gasteiger partial charge in [-0.25, -0.2) is 0 Å². The van der Waals surface area contributed by atoms with Gasteiger partial charge in [0.25, 0.3) is 0 Å². The van der Waals surface area contributed by atoms with Crippen LogP contribution < -0.4 is 0 Å². The summed E-state index contributed by atoms with van der Waals surface area (Å²) in [6.45, 7) is 0. The average molecular weight is 583 g/mol. The van der Waals surface area contributed by atoms with E-state index in [2.05, 4.69) is 0 Å². The lowest BCUT2D eigenvalue weighted by molar-refractivity contribution is 0.123. The van der Waals surface area contributed by atoms with Gasteiger partial charge >= 0.3 is 17.6 Å². The van der Waals surface area contributed by atoms with Crippen LogP contribution in [-0.4, -0.2) is 71.8 Å². The summed E-state index contributed by atoms with van der Waals surface area (Å²) in [5.41, 5.74) is 0. The van der Waals surface area contributed by atoms with Crippen molar-refractivity contribution in [2.45, 2.75) is 24.9 Å². The van der Waals surface area contributed by atoms with Gasteiger partial charge < -0.3 is 26.6 Å². The predicted octanol–water partition coefficient (Wildman–Crippen LogP) is 6.79. The smallest absolute Gasteiger partial charge is 0.377 e. The minimum atomic E-state index is -2.40. The molecule has 0 atom stereocenters. The third-order valence-electron chi connectivity index (χ3n) is 3.52. The highest BCUT2D eigenvalue weighted by Gasteiger charge is 2.37. The molecule has 28 heavy (non-hydrogen) atoms. The summed E-state index contributed by atoms with van der Waals surface area (Å²) in [6, 6.07) is 1.70. The molecule has 0 unspecified atom stereocenters. The SMILES string of the molecule is CO[Si](CCCSSSSSSSSCCC[Si](OC)(OC)OC)(OC)OC. The first-order valence-corrected chi connectivity index (χ1v) is 22.5. The lowest BCUT2D eigenvalue weighted by atomic mass is 10.6. The molecule has 0 amide bonds. The average Bonchev–Trinajstić information content (AvgIpc) is 2.75. The third kappa shape index (κ3) is 14.2. The van der Waals surface area contributed by atoms with Crippen molar-refractivity contribution in [2.24, 2.45) is 0 Å². The molecule has 6 nitrogen and oxygen atoms in total. The van der Waals surface area contributed by atoms with E-state index in [4.69, 9.17) is 26.6 Å². The molecular weight excluding hydrogens is 553 g/mol. The fourth-order valence-corrected chi connectivity index (χ4v) is 23.0. The van der Waals surface area contributed by atoms with Gasteiger partial charge in [-0.2, -0.15) is 0 Å². The minimum absolute atomic E-state index is 0.850. The van der Waals surface area contributed by atoms with E-state index in [1.807, 2.05) is 41.2 Å². The lowest BCUT2D eigenvalue weighted by Crippen LogP contribution is -2.42. The molecule has 0 aliphatic heterocycles. The maximum atomic E-state index is 5.42. The summed E-state index contributed by atoms with van der Waals surface area (Å²) in [6.07, 6.45) is 2.05. The highest BCUT2D eigenvalue weighted by atomic mass is 34.0. The van der Waals surface area contributed by atoms with E-state index >= 15 is 0 Å². The maximum absolute atomic E-state index is 5.42. The van der Waals surface area contributed by atoms with Crippen LogP contribution in [0.1, 0.15) is 12.8 Å². The molecule has 0 aliphatic rings. The Morgan fingerprint density at radius 1 is 0.464 bits per heavy atom. The van der Waals surface area contributed by atoms with Gasteiger partial charge in [0.2, 0.25) is 0 Å². The van der Waals surface area contributed by atoms with Gasteiger partial charge in [0, 0.05) is 66.3 Å². The molecule has 16 heteroatoms. The van der Waals surface area contributed by atoms with Gasteiger partial charge in [-0.1, -0.05) is 21.6 Å². The van der Waals surface area contributed by atoms with E-state index in [-0.39, 0.29) is 0 Å². The Morgan fingerprint density at radius 2 is 0.750 bits per heavy atom. The Balaban J connectivity index is 3.43. The molecule has 0 saturated carbocycles. The van der Waals surface area contributed by atoms with Gasteiger partial charge in [0.1, 0.15) is 0 Å². The van der Waals surface area contributed by atoms with Crippen molar-refractivity contribution < 1.29 is 26.6 Å². The molecule has 0 radical (unpaired) electrons. The van der Waals surface area contributed by atoms with Gasteiger partial charge in [-0.05, 0) is 71.8 Å². The summed E-state index contributed by atoms with van der Waals surface area (Å²) >= 11 is 0. The van der Waals surface area contributed by atoms with Gasteiger partial charge in [-0.15, -0.1) is 0 Å². The summed E-state index contributed by atoms with van der Waals surface area (Å²) < 4.78 is 32.5. The van der Waals surface area contributed by atoms with Crippen molar-refractivity contribution >= 4 is 98.2 Å². The van der Waals surface area contributed by atoms with Crippen molar-refractivity contribution in [3.63, 3.8) is 0 Å². The fourth-order valence-electron chi connectivity index (χ4n) is 1.96. The van der Waals surface area contributed by atoms with Crippen LogP contribution in [-0.2, 0) is 26.6 Å². The second-order valence-electron chi connectivity index (χ2n) is 4.85. The molecular formula is C12H30O6S8Si2. The Morgan fingerprint density at radius 3 is 1.04 bits per heavy atom. The van der Waals surface area contributed by atoms with E-state index in [1.165, 1.54) is 0 Å². The molecule has 0 saturated heterocycles. The first-order chi connectivity index (χ1) is 13.6. The lowest BCUT2D eigenvalue weighted by Gasteiger charge is -2.23. The minimum Gasteiger partial charge on any atom is -0.377 e. The zero-order valence-corrected chi connectivity index (χ0v) is 25.5. The highest BCUT2D eigenvalue weighted by Crippen LogP contribution is 2.57. The van der Waals surface area contributed by atoms with Crippen LogP contribution in [0.2, 0.25) is 12.1 Å². The van der Waals surface area contributed by atoms with Crippen LogP contribution in [0, 0.1) is 0 Å². The first-order valence-electron chi connectivity index (χ1n) is 8.13. The number of hydrogen-bond acceptors (Lipinski definition) is 14. The molecule has 170 valence electrons. The maximum Gasteiger partial charge on any atom is 0.500 e. The largest absolute Gasteiger partial charge is 0.500 e. The molecule has 0 aromatic rings. The molecule has 0 fully saturated rings. The number of hydrogen-bond donors (Lipinski definition) is 0. The Labute approximate surface area is 202 Å². The molecule has 0 N–H and O–H groups in total. The van der Waals surface area contributed by atoms with Gasteiger partial charge in [-0.3, -0.25) is 0 Å². The van der Waals surface area contributed by atoms with Crippen molar-refractivity contribution in [2.75, 3.05) is 54.2 Å². The fraction of sp³-hybridized carbons (Fsp3) is 1.00. The molecule has 0 aromatic heterocycles. The van der Waals surface area contributed by atoms with Crippen LogP contribution in [0.5, 0.6) is 0 Å². The van der Waals surface area contributed by atoms with Crippen LogP contribution in [0.3, 0.4) is 0 Å². The van der Waals surface area contributed by atoms with Crippen molar-refractivity contribution in [1.82, 2.24) is 0 Å². The van der Waals surface area contributed by atoms with Crippen molar-refractivity contribution in [3.05, 3.63) is 0 Å². The third-order valence-corrected chi connectivity index (χ3v) is 24.7. The summed E-state index contributed by atoms with van der Waals surface area (Å²) in [7, 11) is 19.7. The normalized spacial score (nSPS) is 12.6.